The third-order valence-corrected chi connectivity index (χ3v) is 5.32. The van der Waals surface area contributed by atoms with E-state index in [9.17, 15) is 14.0 Å². The number of nitrogens with zero attached hydrogens (tertiary/aromatic N) is 3. The van der Waals surface area contributed by atoms with Crippen LogP contribution in [0.15, 0.2) is 60.9 Å². The number of carbonyl (C=O) groups excluding carboxylic acids is 2. The topological polar surface area (TPSA) is 76.5 Å². The van der Waals surface area contributed by atoms with Crippen molar-refractivity contribution in [1.29, 1.82) is 0 Å². The van der Waals surface area contributed by atoms with Crippen LogP contribution in [0.25, 0.3) is 5.69 Å². The third-order valence-electron chi connectivity index (χ3n) is 5.32. The minimum absolute atomic E-state index is 0.00211. The Hall–Kier alpha value is -3.52. The minimum Gasteiger partial charge on any atom is -0.375 e. The number of methoxy groups -OCH3 is 1. The predicted octanol–water partition coefficient (Wildman–Crippen LogP) is 3.23. The summed E-state index contributed by atoms with van der Waals surface area (Å²) < 4.78 is 20.5. The summed E-state index contributed by atoms with van der Waals surface area (Å²) in [5.74, 6) is -0.598. The number of hydrogen-bond donors (Lipinski definition) is 1. The molecule has 0 aliphatic carbocycles. The second-order valence-electron chi connectivity index (χ2n) is 7.46. The van der Waals surface area contributed by atoms with Gasteiger partial charge in [-0.25, -0.2) is 9.07 Å². The second kappa shape index (κ2) is 9.09. The van der Waals surface area contributed by atoms with Crippen LogP contribution in [0.5, 0.6) is 0 Å². The smallest absolute Gasteiger partial charge is 0.253 e. The molecule has 4 rings (SSSR count). The Bertz CT molecular complexity index is 1100. The van der Waals surface area contributed by atoms with E-state index in [0.717, 1.165) is 6.42 Å². The fourth-order valence-corrected chi connectivity index (χ4v) is 3.83. The fourth-order valence-electron chi connectivity index (χ4n) is 3.83. The Morgan fingerprint density at radius 1 is 1.23 bits per heavy atom. The molecule has 8 heteroatoms. The number of halogens is 1. The maximum absolute atomic E-state index is 14.1. The van der Waals surface area contributed by atoms with Crippen LogP contribution in [0.4, 0.5) is 10.1 Å². The van der Waals surface area contributed by atoms with Gasteiger partial charge in [-0.05, 0) is 36.2 Å². The van der Waals surface area contributed by atoms with Crippen LogP contribution in [0.2, 0.25) is 0 Å². The van der Waals surface area contributed by atoms with E-state index < -0.39 is 0 Å². The first-order valence-electron chi connectivity index (χ1n) is 10.0. The van der Waals surface area contributed by atoms with Gasteiger partial charge in [0.15, 0.2) is 0 Å². The van der Waals surface area contributed by atoms with Gasteiger partial charge in [0, 0.05) is 31.7 Å². The standard InChI is InChI=1S/C23H23FN4O3/c1-31-15-22(29)26-18-12-25-28(14-18)19-6-4-5-16(11-19)23(30)27-10-9-17(13-27)20-7-2-3-8-21(20)24/h2-8,11-12,14,17H,9-10,13,15H2,1H3,(H,26,29). The van der Waals surface area contributed by atoms with Gasteiger partial charge in [-0.15, -0.1) is 0 Å². The number of benzene rings is 2. The molecule has 2 amide bonds. The molecular weight excluding hydrogens is 399 g/mol. The molecule has 1 unspecified atom stereocenters. The normalized spacial score (nSPS) is 15.8. The molecule has 3 aromatic rings. The number of likely N-dealkylation sites (tertiary alicyclic amines) is 1. The molecule has 0 radical (unpaired) electrons. The van der Waals surface area contributed by atoms with Crippen LogP contribution in [0, 0.1) is 5.82 Å². The summed E-state index contributed by atoms with van der Waals surface area (Å²) in [5.41, 5.74) is 2.42. The molecule has 31 heavy (non-hydrogen) atoms. The molecule has 2 heterocycles. The number of aromatic nitrogens is 2. The Morgan fingerprint density at radius 3 is 2.87 bits per heavy atom. The molecule has 160 valence electrons. The third kappa shape index (κ3) is 4.64. The van der Waals surface area contributed by atoms with Crippen molar-refractivity contribution < 1.29 is 18.7 Å². The van der Waals surface area contributed by atoms with Crippen molar-refractivity contribution in [3.8, 4) is 5.69 Å². The lowest BCUT2D eigenvalue weighted by atomic mass is 9.98. The van der Waals surface area contributed by atoms with Crippen LogP contribution < -0.4 is 5.32 Å². The van der Waals surface area contributed by atoms with Crippen molar-refractivity contribution in [3.05, 3.63) is 77.9 Å². The zero-order valence-electron chi connectivity index (χ0n) is 17.1. The van der Waals surface area contributed by atoms with Gasteiger partial charge in [-0.1, -0.05) is 24.3 Å². The number of rotatable bonds is 6. The number of ether oxygens (including phenoxy) is 1. The maximum atomic E-state index is 14.1. The van der Waals surface area contributed by atoms with Crippen molar-refractivity contribution in [3.63, 3.8) is 0 Å². The zero-order chi connectivity index (χ0) is 21.8. The average molecular weight is 422 g/mol. The van der Waals surface area contributed by atoms with Gasteiger partial charge in [0.2, 0.25) is 5.91 Å². The molecule has 0 bridgehead atoms. The molecule has 0 spiro atoms. The van der Waals surface area contributed by atoms with Crippen LogP contribution in [0.1, 0.15) is 28.3 Å². The number of anilines is 1. The van der Waals surface area contributed by atoms with E-state index in [4.69, 9.17) is 4.74 Å². The van der Waals surface area contributed by atoms with Gasteiger partial charge in [0.05, 0.1) is 23.8 Å². The van der Waals surface area contributed by atoms with Crippen LogP contribution >= 0.6 is 0 Å². The van der Waals surface area contributed by atoms with Gasteiger partial charge in [-0.2, -0.15) is 5.10 Å². The molecule has 1 fully saturated rings. The van der Waals surface area contributed by atoms with Crippen LogP contribution in [-0.4, -0.2) is 53.3 Å². The highest BCUT2D eigenvalue weighted by Gasteiger charge is 2.29. The van der Waals surface area contributed by atoms with Crippen molar-refractivity contribution in [2.45, 2.75) is 12.3 Å². The molecule has 2 aromatic carbocycles. The van der Waals surface area contributed by atoms with Gasteiger partial charge in [-0.3, -0.25) is 9.59 Å². The molecule has 7 nitrogen and oxygen atoms in total. The van der Waals surface area contributed by atoms with E-state index >= 15 is 0 Å². The maximum Gasteiger partial charge on any atom is 0.253 e. The molecule has 1 aliphatic heterocycles. The summed E-state index contributed by atoms with van der Waals surface area (Å²) in [5, 5.41) is 6.94. The van der Waals surface area contributed by atoms with Crippen molar-refractivity contribution >= 4 is 17.5 Å². The Kier molecular flexibility index (Phi) is 6.08. The first-order valence-corrected chi connectivity index (χ1v) is 10.0. The van der Waals surface area contributed by atoms with Gasteiger partial charge in [0.25, 0.3) is 5.91 Å². The van der Waals surface area contributed by atoms with Crippen molar-refractivity contribution in [2.75, 3.05) is 32.1 Å². The lowest BCUT2D eigenvalue weighted by molar-refractivity contribution is -0.119. The van der Waals surface area contributed by atoms with Crippen LogP contribution in [-0.2, 0) is 9.53 Å². The second-order valence-corrected chi connectivity index (χ2v) is 7.46. The van der Waals surface area contributed by atoms with E-state index in [0.29, 0.717) is 35.6 Å². The molecule has 1 aliphatic rings. The van der Waals surface area contributed by atoms with E-state index in [2.05, 4.69) is 10.4 Å². The Morgan fingerprint density at radius 2 is 2.06 bits per heavy atom. The van der Waals surface area contributed by atoms with Gasteiger partial charge >= 0.3 is 0 Å². The molecule has 1 saturated heterocycles. The molecule has 1 N–H and O–H groups in total. The number of nitrogens with one attached hydrogen (secondary N) is 1. The molecular formula is C23H23FN4O3. The van der Waals surface area contributed by atoms with Gasteiger partial charge < -0.3 is 15.0 Å². The summed E-state index contributed by atoms with van der Waals surface area (Å²) in [6, 6.07) is 13.9. The van der Waals surface area contributed by atoms with E-state index in [1.54, 1.807) is 46.1 Å². The Labute approximate surface area is 179 Å². The summed E-state index contributed by atoms with van der Waals surface area (Å²) >= 11 is 0. The molecule has 1 atom stereocenters. The van der Waals surface area contributed by atoms with Crippen LogP contribution in [0.3, 0.4) is 0 Å². The Balaban J connectivity index is 1.46. The van der Waals surface area contributed by atoms with E-state index in [-0.39, 0.29) is 30.2 Å². The number of carbonyl (C=O) groups is 2. The summed E-state index contributed by atoms with van der Waals surface area (Å²) in [6.07, 6.45) is 3.93. The highest BCUT2D eigenvalue weighted by atomic mass is 19.1. The largest absolute Gasteiger partial charge is 0.375 e. The summed E-state index contributed by atoms with van der Waals surface area (Å²) in [6.45, 7) is 1.03. The molecule has 0 saturated carbocycles. The van der Waals surface area contributed by atoms with Crippen molar-refractivity contribution in [2.24, 2.45) is 0 Å². The quantitative estimate of drug-likeness (QED) is 0.662. The summed E-state index contributed by atoms with van der Waals surface area (Å²) in [7, 11) is 1.45. The highest BCUT2D eigenvalue weighted by Crippen LogP contribution is 2.30. The summed E-state index contributed by atoms with van der Waals surface area (Å²) in [4.78, 5) is 26.5. The molecule has 1 aromatic heterocycles. The highest BCUT2D eigenvalue weighted by molar-refractivity contribution is 5.95. The number of hydrogen-bond acceptors (Lipinski definition) is 4. The predicted molar refractivity (Wildman–Crippen MR) is 114 cm³/mol. The van der Waals surface area contributed by atoms with E-state index in [1.165, 1.54) is 19.4 Å². The SMILES string of the molecule is COCC(=O)Nc1cnn(-c2cccc(C(=O)N3CCC(c4ccccc4F)C3)c2)c1. The number of amides is 2. The van der Waals surface area contributed by atoms with Gasteiger partial charge in [0.1, 0.15) is 12.4 Å². The lowest BCUT2D eigenvalue weighted by Gasteiger charge is -2.17. The lowest BCUT2D eigenvalue weighted by Crippen LogP contribution is -2.28. The van der Waals surface area contributed by atoms with Crippen molar-refractivity contribution in [1.82, 2.24) is 14.7 Å². The minimum atomic E-state index is -0.274. The monoisotopic (exact) mass is 422 g/mol. The zero-order valence-corrected chi connectivity index (χ0v) is 17.1. The van der Waals surface area contributed by atoms with E-state index in [1.807, 2.05) is 12.1 Å². The first-order chi connectivity index (χ1) is 15.0. The fraction of sp³-hybridized carbons (Fsp3) is 0.261. The average Bonchev–Trinajstić information content (AvgIpc) is 3.44. The first kappa shape index (κ1) is 20.7.